The summed E-state index contributed by atoms with van der Waals surface area (Å²) in [6, 6.07) is -0.144. The van der Waals surface area contributed by atoms with Gasteiger partial charge in [0.15, 0.2) is 18.9 Å². The topological polar surface area (TPSA) is 488 Å². The van der Waals surface area contributed by atoms with Crippen molar-refractivity contribution in [2.75, 3.05) is 111 Å². The smallest absolute Gasteiger partial charge is 0.407 e. The molecule has 0 aromatic rings. The maximum atomic E-state index is 12.7. The Labute approximate surface area is 769 Å². The Kier molecular flexibility index (Phi) is 67.3. The molecule has 4 aliphatic rings. The molecule has 15 unspecified atom stereocenters. The quantitative estimate of drug-likeness (QED) is 0.0119. The van der Waals surface area contributed by atoms with Crippen LogP contribution in [-0.4, -0.2) is 306 Å². The summed E-state index contributed by atoms with van der Waals surface area (Å²) in [7, 11) is 5.06. The number of nitrogens with one attached hydrogen (secondary N) is 3. The molecule has 1 radical (unpaired) electrons. The number of hydrogen-bond donors (Lipinski definition) is 13. The molecule has 4 heterocycles. The van der Waals surface area contributed by atoms with E-state index in [2.05, 4.69) is 22.9 Å². The van der Waals surface area contributed by atoms with Crippen molar-refractivity contribution in [2.24, 2.45) is 23.2 Å². The standard InChI is InChI=1S/C68H123N3O24.C20H35NO5S2.Y/c1-47-58(80)61(83)51(44-72)93-64(47)89-38-20-27-50(75)26-14-8-5-13-19-37-71-67(86)92-43-25-34-68(4,32-23-41-87-56(78)30-15-9-6-11-17-35-69-54(76)28-21-39-90-65-48(2)59(81)62(84)52(45-73)94-65)33-24-42-88-57(79)31-16-10-7-12-18-36-70-55(77)29-22-40-91-66-49(3)60(82)63(85)53(46-74)95-66;1-3-17(23)10-12-28-27-11-6-8-18(24)7-4-5-9-20(25)21-14-19(26-2)13-16(21)15-22;/h47-49,51-53,58-66,72-74,80-85H,5-46H2,1-4H3,(H,69,76)(H,70,77)(H,71,86);16,19,22H,3-15H2,1-2H3;/t;16-,19+;/m.1./s1. The van der Waals surface area contributed by atoms with Gasteiger partial charge in [-0.1, -0.05) is 114 Å². The molecular formula is C88H158N4O29S2Y. The van der Waals surface area contributed by atoms with E-state index in [9.17, 15) is 94.2 Å². The van der Waals surface area contributed by atoms with Gasteiger partial charge in [-0.15, -0.1) is 0 Å². The summed E-state index contributed by atoms with van der Waals surface area (Å²) in [5.41, 5.74) is -0.206. The average molecular weight is 1890 g/mol. The van der Waals surface area contributed by atoms with E-state index in [1.807, 2.05) is 6.92 Å². The van der Waals surface area contributed by atoms with Gasteiger partial charge in [-0.05, 0) is 127 Å². The number of aliphatic hydroxyl groups is 10. The first-order valence-corrected chi connectivity index (χ1v) is 48.3. The molecule has 0 aromatic carbocycles. The molecule has 719 valence electrons. The minimum Gasteiger partial charge on any atom is -0.466 e. The number of unbranched alkanes of at least 4 members (excludes halogenated alkanes) is 13. The van der Waals surface area contributed by atoms with Gasteiger partial charge in [-0.3, -0.25) is 38.4 Å². The van der Waals surface area contributed by atoms with E-state index >= 15 is 0 Å². The number of esters is 2. The molecule has 4 rings (SSSR count). The van der Waals surface area contributed by atoms with E-state index in [0.29, 0.717) is 154 Å². The molecule has 33 nitrogen and oxygen atoms in total. The second-order valence-electron chi connectivity index (χ2n) is 33.6. The first-order valence-electron chi connectivity index (χ1n) is 45.9. The van der Waals surface area contributed by atoms with Crippen LogP contribution in [0.2, 0.25) is 0 Å². The fraction of sp³-hybridized carbons (Fsp3) is 0.898. The number of Topliss-reactive ketones (excluding diaryl/α,β-unsaturated/α-hetero) is 3. The number of rotatable bonds is 70. The van der Waals surface area contributed by atoms with E-state index in [0.717, 1.165) is 127 Å². The average Bonchev–Trinajstić information content (AvgIpc) is 1.23. The largest absolute Gasteiger partial charge is 0.466 e. The minimum atomic E-state index is -1.20. The van der Waals surface area contributed by atoms with Gasteiger partial charge in [-0.2, -0.15) is 0 Å². The van der Waals surface area contributed by atoms with Crippen molar-refractivity contribution in [2.45, 2.75) is 371 Å². The van der Waals surface area contributed by atoms with Gasteiger partial charge in [0.05, 0.1) is 96.5 Å². The Hall–Kier alpha value is -3.25. The number of carbonyl (C=O) groups is 9. The summed E-state index contributed by atoms with van der Waals surface area (Å²) in [4.78, 5) is 112. The number of nitrogens with zero attached hydrogens (tertiary/aromatic N) is 1. The number of ketones is 3. The molecule has 0 aromatic heterocycles. The van der Waals surface area contributed by atoms with Crippen LogP contribution in [-0.2, 0) is 118 Å². The second kappa shape index (κ2) is 71.4. The molecule has 4 fully saturated rings. The zero-order valence-corrected chi connectivity index (χ0v) is 79.7. The molecule has 4 saturated heterocycles. The molecule has 36 heteroatoms. The van der Waals surface area contributed by atoms with Gasteiger partial charge in [0.2, 0.25) is 17.7 Å². The Morgan fingerprint density at radius 1 is 0.403 bits per heavy atom. The Morgan fingerprint density at radius 3 is 1.19 bits per heavy atom. The summed E-state index contributed by atoms with van der Waals surface area (Å²) < 4.78 is 55.8. The van der Waals surface area contributed by atoms with Crippen LogP contribution in [0.25, 0.3) is 0 Å². The molecule has 13 N–H and O–H groups in total. The van der Waals surface area contributed by atoms with Crippen molar-refractivity contribution in [1.82, 2.24) is 20.9 Å². The van der Waals surface area contributed by atoms with Gasteiger partial charge in [-0.25, -0.2) is 4.79 Å². The molecule has 0 aliphatic carbocycles. The van der Waals surface area contributed by atoms with Crippen molar-refractivity contribution in [3.8, 4) is 0 Å². The molecule has 0 saturated carbocycles. The SMILES string of the molecule is CC1C(OCCCC(=O)CCCCCCCNC(=O)OCCCC(C)(CCCOC(=O)CCCCCCCNC(=O)CCCOC2OC(CO)C(O)C(O)C2C)CCCOC(=O)CCCCCCCNC(=O)CCCOC2OC(CO)C(O)C(O)C2C)OC(CO)C(O)C1O.CCC(=O)CCSSCCCC(=O)CCCCC(=O)N1C[C@@H](OC)C[C@@H]1CO.[Y]. The van der Waals surface area contributed by atoms with Crippen LogP contribution in [0, 0.1) is 23.2 Å². The second-order valence-corrected chi connectivity index (χ2v) is 36.4. The fourth-order valence-corrected chi connectivity index (χ4v) is 17.2. The number of hydrogen-bond acceptors (Lipinski definition) is 31. The van der Waals surface area contributed by atoms with Gasteiger partial charge in [0.25, 0.3) is 0 Å². The van der Waals surface area contributed by atoms with E-state index in [1.165, 1.54) is 0 Å². The predicted octanol–water partition coefficient (Wildman–Crippen LogP) is 7.84. The summed E-state index contributed by atoms with van der Waals surface area (Å²) in [5.74, 6) is 0.335. The zero-order valence-electron chi connectivity index (χ0n) is 75.3. The molecule has 124 heavy (non-hydrogen) atoms. The van der Waals surface area contributed by atoms with E-state index in [-0.39, 0.29) is 151 Å². The monoisotopic (exact) mass is 1890 g/mol. The third kappa shape index (κ3) is 51.0. The van der Waals surface area contributed by atoms with Gasteiger partial charge in [0.1, 0.15) is 54.0 Å². The fourth-order valence-electron chi connectivity index (χ4n) is 15.1. The third-order valence-electron chi connectivity index (χ3n) is 23.3. The van der Waals surface area contributed by atoms with Crippen molar-refractivity contribution < 1.29 is 174 Å². The number of alkyl carbamates (subject to hydrolysis) is 1. The predicted molar refractivity (Wildman–Crippen MR) is 463 cm³/mol. The summed E-state index contributed by atoms with van der Waals surface area (Å²) in [6.07, 6.45) is 13.3. The van der Waals surface area contributed by atoms with Crippen molar-refractivity contribution >= 4 is 74.7 Å². The third-order valence-corrected chi connectivity index (χ3v) is 25.8. The minimum absolute atomic E-state index is 0. The zero-order chi connectivity index (χ0) is 90.6. The van der Waals surface area contributed by atoms with Crippen LogP contribution in [0.5, 0.6) is 0 Å². The molecular weight excluding hydrogens is 1730 g/mol. The van der Waals surface area contributed by atoms with Crippen LogP contribution in [0.15, 0.2) is 0 Å². The number of amides is 4. The normalized spacial score (nSPS) is 24.8. The Balaban J connectivity index is 0.00000152. The van der Waals surface area contributed by atoms with Crippen molar-refractivity contribution in [1.29, 1.82) is 0 Å². The number of aliphatic hydroxyl groups excluding tert-OH is 10. The maximum Gasteiger partial charge on any atom is 0.407 e. The molecule has 4 aliphatic heterocycles. The number of likely N-dealkylation sites (tertiary alicyclic amines) is 1. The van der Waals surface area contributed by atoms with Crippen LogP contribution in [0.1, 0.15) is 285 Å². The van der Waals surface area contributed by atoms with E-state index in [4.69, 9.17) is 47.4 Å². The summed E-state index contributed by atoms with van der Waals surface area (Å²) in [6.45, 7) is 11.3. The number of carbonyl (C=O) groups excluding carboxylic acids is 9. The Morgan fingerprint density at radius 2 is 0.766 bits per heavy atom. The van der Waals surface area contributed by atoms with Gasteiger partial charge >= 0.3 is 18.0 Å². The molecule has 4 amide bonds. The molecule has 0 spiro atoms. The first-order chi connectivity index (χ1) is 59.2. The maximum absolute atomic E-state index is 12.7. The van der Waals surface area contributed by atoms with Crippen molar-refractivity contribution in [3.05, 3.63) is 0 Å². The number of methoxy groups -OCH3 is 1. The molecule has 17 atom stereocenters. The molecule has 0 bridgehead atoms. The van der Waals surface area contributed by atoms with Crippen molar-refractivity contribution in [3.63, 3.8) is 0 Å². The van der Waals surface area contributed by atoms with Crippen LogP contribution < -0.4 is 16.0 Å². The van der Waals surface area contributed by atoms with Crippen LogP contribution in [0.3, 0.4) is 0 Å². The van der Waals surface area contributed by atoms with E-state index in [1.54, 1.807) is 54.4 Å². The van der Waals surface area contributed by atoms with Crippen LogP contribution in [0.4, 0.5) is 4.79 Å². The summed E-state index contributed by atoms with van der Waals surface area (Å²) in [5, 5.41) is 107. The van der Waals surface area contributed by atoms with E-state index < -0.39 is 117 Å². The first kappa shape index (κ1) is 117. The van der Waals surface area contributed by atoms with Gasteiger partial charge < -0.3 is 119 Å². The van der Waals surface area contributed by atoms with Gasteiger partial charge in [0, 0.05) is 166 Å². The number of ether oxygens (including phenoxy) is 10. The Bertz CT molecular complexity index is 2650. The van der Waals surface area contributed by atoms with Crippen LogP contribution >= 0.6 is 21.6 Å². The summed E-state index contributed by atoms with van der Waals surface area (Å²) >= 11 is 0.